The van der Waals surface area contributed by atoms with E-state index in [1.54, 1.807) is 45.2 Å². The van der Waals surface area contributed by atoms with E-state index in [1.165, 1.54) is 22.9 Å². The van der Waals surface area contributed by atoms with E-state index in [1.807, 2.05) is 0 Å². The Labute approximate surface area is 221 Å². The SMILES string of the molecule is CCOC(=O)c1cc(Nc2ncc3cc(-c4c(Cl)cccc4Cl)c(=O)n(C)c3n2)cc(C(=O)OCC)n1. The van der Waals surface area contributed by atoms with E-state index >= 15 is 0 Å². The lowest BCUT2D eigenvalue weighted by atomic mass is 10.1. The van der Waals surface area contributed by atoms with Gasteiger partial charge in [-0.2, -0.15) is 4.98 Å². The summed E-state index contributed by atoms with van der Waals surface area (Å²) in [5.74, 6) is -1.30. The monoisotopic (exact) mass is 541 g/mol. The fourth-order valence-corrected chi connectivity index (χ4v) is 4.19. The zero-order valence-electron chi connectivity index (χ0n) is 20.0. The molecular weight excluding hydrogens is 521 g/mol. The van der Waals surface area contributed by atoms with Crippen LogP contribution in [0.15, 0.2) is 47.4 Å². The Kier molecular flexibility index (Phi) is 7.70. The number of aromatic nitrogens is 4. The average molecular weight is 542 g/mol. The minimum Gasteiger partial charge on any atom is -0.461 e. The van der Waals surface area contributed by atoms with Gasteiger partial charge in [0.25, 0.3) is 5.56 Å². The van der Waals surface area contributed by atoms with Crippen LogP contribution in [0.5, 0.6) is 0 Å². The van der Waals surface area contributed by atoms with Crippen molar-refractivity contribution < 1.29 is 19.1 Å². The van der Waals surface area contributed by atoms with Crippen LogP contribution in [0, 0.1) is 0 Å². The largest absolute Gasteiger partial charge is 0.461 e. The highest BCUT2D eigenvalue weighted by Gasteiger charge is 2.19. The molecule has 0 spiro atoms. The van der Waals surface area contributed by atoms with Crippen LogP contribution in [0.2, 0.25) is 10.0 Å². The van der Waals surface area contributed by atoms with Gasteiger partial charge in [0.05, 0.1) is 28.8 Å². The van der Waals surface area contributed by atoms with Crippen LogP contribution in [0.1, 0.15) is 34.8 Å². The number of aryl methyl sites for hydroxylation is 1. The van der Waals surface area contributed by atoms with Gasteiger partial charge in [-0.25, -0.2) is 19.6 Å². The first-order chi connectivity index (χ1) is 17.7. The van der Waals surface area contributed by atoms with E-state index in [0.717, 1.165) is 0 Å². The van der Waals surface area contributed by atoms with Crippen LogP contribution in [0.3, 0.4) is 0 Å². The highest BCUT2D eigenvalue weighted by Crippen LogP contribution is 2.33. The summed E-state index contributed by atoms with van der Waals surface area (Å²) in [6.45, 7) is 3.58. The molecule has 0 aliphatic carbocycles. The van der Waals surface area contributed by atoms with Crippen LogP contribution >= 0.6 is 23.2 Å². The predicted molar refractivity (Wildman–Crippen MR) is 140 cm³/mol. The van der Waals surface area contributed by atoms with Gasteiger partial charge in [-0.05, 0) is 44.2 Å². The third kappa shape index (κ3) is 5.40. The van der Waals surface area contributed by atoms with E-state index in [0.29, 0.717) is 37.9 Å². The first kappa shape index (κ1) is 26.1. The molecule has 0 saturated heterocycles. The van der Waals surface area contributed by atoms with E-state index in [2.05, 4.69) is 20.3 Å². The molecule has 0 fully saturated rings. The van der Waals surface area contributed by atoms with Crippen LogP contribution in [0.4, 0.5) is 11.6 Å². The number of benzene rings is 1. The summed E-state index contributed by atoms with van der Waals surface area (Å²) >= 11 is 12.6. The molecule has 0 bridgehead atoms. The maximum Gasteiger partial charge on any atom is 0.357 e. The lowest BCUT2D eigenvalue weighted by Gasteiger charge is -2.12. The molecule has 190 valence electrons. The first-order valence-corrected chi connectivity index (χ1v) is 11.9. The molecule has 0 amide bonds. The molecule has 1 N–H and O–H groups in total. The number of nitrogens with zero attached hydrogens (tertiary/aromatic N) is 4. The molecule has 0 aliphatic rings. The van der Waals surface area contributed by atoms with Crippen LogP contribution in [-0.2, 0) is 16.5 Å². The lowest BCUT2D eigenvalue weighted by Crippen LogP contribution is -2.20. The molecule has 1 aromatic carbocycles. The van der Waals surface area contributed by atoms with Gasteiger partial charge in [0.15, 0.2) is 11.4 Å². The van der Waals surface area contributed by atoms with Crippen molar-refractivity contribution >= 4 is 57.8 Å². The van der Waals surface area contributed by atoms with Gasteiger partial charge in [-0.1, -0.05) is 29.3 Å². The highest BCUT2D eigenvalue weighted by molar-refractivity contribution is 6.39. The molecule has 12 heteroatoms. The molecule has 10 nitrogen and oxygen atoms in total. The Morgan fingerprint density at radius 3 is 2.14 bits per heavy atom. The number of esters is 2. The van der Waals surface area contributed by atoms with Gasteiger partial charge in [0.2, 0.25) is 5.95 Å². The molecule has 37 heavy (non-hydrogen) atoms. The number of nitrogens with one attached hydrogen (secondary N) is 1. The van der Waals surface area contributed by atoms with Crippen LogP contribution in [0.25, 0.3) is 22.2 Å². The first-order valence-electron chi connectivity index (χ1n) is 11.2. The molecule has 3 aromatic heterocycles. The molecule has 0 aliphatic heterocycles. The van der Waals surface area contributed by atoms with E-state index in [4.69, 9.17) is 32.7 Å². The molecule has 3 heterocycles. The van der Waals surface area contributed by atoms with Gasteiger partial charge in [0, 0.05) is 29.9 Å². The number of ether oxygens (including phenoxy) is 2. The van der Waals surface area contributed by atoms with Crippen molar-refractivity contribution in [1.29, 1.82) is 0 Å². The van der Waals surface area contributed by atoms with Gasteiger partial charge in [-0.15, -0.1) is 0 Å². The maximum absolute atomic E-state index is 13.2. The fraction of sp³-hybridized carbons (Fsp3) is 0.200. The number of hydrogen-bond acceptors (Lipinski definition) is 9. The summed E-state index contributed by atoms with van der Waals surface area (Å²) in [6.07, 6.45) is 1.53. The van der Waals surface area contributed by atoms with Crippen molar-refractivity contribution in [2.75, 3.05) is 18.5 Å². The Balaban J connectivity index is 1.76. The second-order valence-electron chi connectivity index (χ2n) is 7.68. The number of hydrogen-bond donors (Lipinski definition) is 1. The van der Waals surface area contributed by atoms with Gasteiger partial charge >= 0.3 is 11.9 Å². The number of halogens is 2. The molecule has 0 saturated carbocycles. The zero-order valence-corrected chi connectivity index (χ0v) is 21.6. The minimum atomic E-state index is -0.704. The van der Waals surface area contributed by atoms with Crippen molar-refractivity contribution in [3.05, 3.63) is 74.4 Å². The smallest absolute Gasteiger partial charge is 0.357 e. The summed E-state index contributed by atoms with van der Waals surface area (Å²) in [4.78, 5) is 50.6. The van der Waals surface area contributed by atoms with Crippen molar-refractivity contribution in [2.24, 2.45) is 7.05 Å². The summed E-state index contributed by atoms with van der Waals surface area (Å²) < 4.78 is 11.4. The standard InChI is InChI=1S/C25H21Cl2N5O5/c1-4-36-23(34)18-10-14(11-19(30-18)24(35)37-5-2)29-25-28-12-13-9-15(22(33)32(3)21(13)31-25)20-16(26)7-6-8-17(20)27/h6-12H,4-5H2,1-3H3,(H,28,29,30,31). The topological polar surface area (TPSA) is 125 Å². The normalized spacial score (nSPS) is 10.8. The number of carbonyl (C=O) groups excluding carboxylic acids is 2. The second-order valence-corrected chi connectivity index (χ2v) is 8.50. The average Bonchev–Trinajstić information content (AvgIpc) is 2.87. The Morgan fingerprint density at radius 1 is 0.973 bits per heavy atom. The number of carbonyl (C=O) groups is 2. The molecular formula is C25H21Cl2N5O5. The Morgan fingerprint density at radius 2 is 1.57 bits per heavy atom. The number of pyridine rings is 2. The minimum absolute atomic E-state index is 0.0932. The third-order valence-electron chi connectivity index (χ3n) is 5.23. The summed E-state index contributed by atoms with van der Waals surface area (Å²) in [6, 6.07) is 9.42. The van der Waals surface area contributed by atoms with Gasteiger partial charge in [0.1, 0.15) is 5.65 Å². The molecule has 0 radical (unpaired) electrons. The Hall–Kier alpha value is -4.02. The Bertz CT molecular complexity index is 1530. The maximum atomic E-state index is 13.2. The van der Waals surface area contributed by atoms with Crippen molar-refractivity contribution in [3.8, 4) is 11.1 Å². The van der Waals surface area contributed by atoms with Crippen LogP contribution in [-0.4, -0.2) is 44.7 Å². The second kappa shape index (κ2) is 10.9. The molecule has 4 rings (SSSR count). The predicted octanol–water partition coefficient (Wildman–Crippen LogP) is 4.79. The number of anilines is 2. The van der Waals surface area contributed by atoms with Gasteiger partial charge in [-0.3, -0.25) is 9.36 Å². The summed E-state index contributed by atoms with van der Waals surface area (Å²) in [7, 11) is 1.57. The van der Waals surface area contributed by atoms with E-state index in [9.17, 15) is 14.4 Å². The zero-order chi connectivity index (χ0) is 26.7. The van der Waals surface area contributed by atoms with Crippen molar-refractivity contribution in [2.45, 2.75) is 13.8 Å². The fourth-order valence-electron chi connectivity index (χ4n) is 3.59. The molecule has 0 unspecified atom stereocenters. The van der Waals surface area contributed by atoms with E-state index in [-0.39, 0.29) is 36.1 Å². The third-order valence-corrected chi connectivity index (χ3v) is 5.86. The van der Waals surface area contributed by atoms with Crippen molar-refractivity contribution in [1.82, 2.24) is 19.5 Å². The van der Waals surface area contributed by atoms with Crippen molar-refractivity contribution in [3.63, 3.8) is 0 Å². The summed E-state index contributed by atoms with van der Waals surface area (Å²) in [5.41, 5.74) is 0.816. The lowest BCUT2D eigenvalue weighted by molar-refractivity contribution is 0.0511. The summed E-state index contributed by atoms with van der Waals surface area (Å²) in [5, 5.41) is 4.20. The molecule has 0 atom stereocenters. The number of rotatable bonds is 7. The van der Waals surface area contributed by atoms with E-state index < -0.39 is 11.9 Å². The van der Waals surface area contributed by atoms with Gasteiger partial charge < -0.3 is 14.8 Å². The highest BCUT2D eigenvalue weighted by atomic mass is 35.5. The van der Waals surface area contributed by atoms with Crippen LogP contribution < -0.4 is 10.9 Å². The quantitative estimate of drug-likeness (QED) is 0.328. The molecule has 4 aromatic rings. The number of fused-ring (bicyclic) bond motifs is 1.